The number of hydrogen-bond acceptors (Lipinski definition) is 5. The summed E-state index contributed by atoms with van der Waals surface area (Å²) in [4.78, 5) is 22.9. The topological polar surface area (TPSA) is 67.8 Å². The Morgan fingerprint density at radius 2 is 2.12 bits per heavy atom. The lowest BCUT2D eigenvalue weighted by Crippen LogP contribution is -2.13. The Balaban J connectivity index is 2.22. The average Bonchev–Trinajstić information content (AvgIpc) is 2.78. The summed E-state index contributed by atoms with van der Waals surface area (Å²) in [7, 11) is 0. The lowest BCUT2D eigenvalue weighted by Gasteiger charge is -2.04. The van der Waals surface area contributed by atoms with Crippen molar-refractivity contribution in [1.29, 1.82) is 0 Å². The molecule has 0 aliphatic carbocycles. The molecule has 0 bridgehead atoms. The van der Waals surface area contributed by atoms with Crippen molar-refractivity contribution in [2.24, 2.45) is 0 Å². The molecule has 8 heteroatoms. The number of halogens is 2. The van der Waals surface area contributed by atoms with Crippen LogP contribution in [0, 0.1) is 0 Å². The number of carbonyl (C=O) groups excluding carboxylic acids is 1. The number of rotatable bonds is 2. The Hall–Kier alpha value is -1.24. The van der Waals surface area contributed by atoms with E-state index in [1.807, 2.05) is 0 Å². The van der Waals surface area contributed by atoms with Gasteiger partial charge >= 0.3 is 0 Å². The Kier molecular flexibility index (Phi) is 3.33. The fourth-order valence-corrected chi connectivity index (χ4v) is 1.74. The molecule has 5 nitrogen and oxygen atoms in total. The fourth-order valence-electron chi connectivity index (χ4n) is 0.932. The van der Waals surface area contributed by atoms with Crippen LogP contribution < -0.4 is 5.32 Å². The maximum Gasteiger partial charge on any atom is 0.276 e. The Labute approximate surface area is 104 Å². The van der Waals surface area contributed by atoms with E-state index in [1.165, 1.54) is 17.7 Å². The van der Waals surface area contributed by atoms with E-state index in [-0.39, 0.29) is 16.0 Å². The molecule has 2 rings (SSSR count). The summed E-state index contributed by atoms with van der Waals surface area (Å²) in [5, 5.41) is 4.30. The van der Waals surface area contributed by atoms with Gasteiger partial charge in [0.1, 0.15) is 17.0 Å². The van der Waals surface area contributed by atoms with Gasteiger partial charge in [-0.15, -0.1) is 11.3 Å². The SMILES string of the molecule is O=C(Nc1ncnc(Cl)c1Cl)c1cscn1. The number of aromatic nitrogens is 3. The fraction of sp³-hybridized carbons (Fsp3) is 0. The molecule has 0 spiro atoms. The maximum atomic E-state index is 11.6. The van der Waals surface area contributed by atoms with E-state index in [2.05, 4.69) is 20.3 Å². The number of nitrogens with zero attached hydrogens (tertiary/aromatic N) is 3. The first-order valence-corrected chi connectivity index (χ1v) is 5.74. The third-order valence-corrected chi connectivity index (χ3v) is 2.97. The summed E-state index contributed by atoms with van der Waals surface area (Å²) in [5.74, 6) is -0.224. The van der Waals surface area contributed by atoms with Gasteiger partial charge in [0.25, 0.3) is 5.91 Å². The molecule has 2 heterocycles. The second kappa shape index (κ2) is 4.73. The van der Waals surface area contributed by atoms with Crippen LogP contribution >= 0.6 is 34.5 Å². The minimum Gasteiger partial charge on any atom is -0.304 e. The van der Waals surface area contributed by atoms with E-state index in [0.29, 0.717) is 5.69 Å². The molecule has 0 aromatic carbocycles. The summed E-state index contributed by atoms with van der Waals surface area (Å²) >= 11 is 12.8. The van der Waals surface area contributed by atoms with Crippen LogP contribution in [-0.2, 0) is 0 Å². The monoisotopic (exact) mass is 274 g/mol. The van der Waals surface area contributed by atoms with E-state index in [1.54, 1.807) is 10.9 Å². The normalized spacial score (nSPS) is 10.1. The van der Waals surface area contributed by atoms with Crippen LogP contribution in [0.3, 0.4) is 0 Å². The molecular weight excluding hydrogens is 271 g/mol. The minimum absolute atomic E-state index is 0.0882. The zero-order valence-electron chi connectivity index (χ0n) is 7.65. The maximum absolute atomic E-state index is 11.6. The molecule has 1 N–H and O–H groups in total. The molecule has 0 aliphatic heterocycles. The quantitative estimate of drug-likeness (QED) is 0.855. The van der Waals surface area contributed by atoms with Crippen LogP contribution in [0.1, 0.15) is 10.5 Å². The molecular formula is C8H4Cl2N4OS. The number of anilines is 1. The van der Waals surface area contributed by atoms with Crippen molar-refractivity contribution in [3.63, 3.8) is 0 Å². The molecule has 0 atom stereocenters. The van der Waals surface area contributed by atoms with Gasteiger partial charge in [-0.25, -0.2) is 15.0 Å². The number of carbonyl (C=O) groups is 1. The van der Waals surface area contributed by atoms with Crippen molar-refractivity contribution >= 4 is 46.3 Å². The van der Waals surface area contributed by atoms with Gasteiger partial charge in [-0.1, -0.05) is 23.2 Å². The highest BCUT2D eigenvalue weighted by molar-refractivity contribution is 7.07. The van der Waals surface area contributed by atoms with Crippen molar-refractivity contribution in [3.8, 4) is 0 Å². The second-order valence-electron chi connectivity index (χ2n) is 2.65. The van der Waals surface area contributed by atoms with Crippen LogP contribution in [0.2, 0.25) is 10.2 Å². The Morgan fingerprint density at radius 1 is 1.31 bits per heavy atom. The molecule has 16 heavy (non-hydrogen) atoms. The van der Waals surface area contributed by atoms with E-state index in [0.717, 1.165) is 0 Å². The molecule has 0 fully saturated rings. The van der Waals surface area contributed by atoms with E-state index in [9.17, 15) is 4.79 Å². The molecule has 2 aromatic rings. The molecule has 0 radical (unpaired) electrons. The van der Waals surface area contributed by atoms with Crippen LogP contribution in [0.4, 0.5) is 5.82 Å². The number of amides is 1. The van der Waals surface area contributed by atoms with Crippen molar-refractivity contribution in [2.75, 3.05) is 5.32 Å². The Morgan fingerprint density at radius 3 is 2.81 bits per heavy atom. The van der Waals surface area contributed by atoms with Gasteiger partial charge in [-0.05, 0) is 0 Å². The zero-order chi connectivity index (χ0) is 11.5. The van der Waals surface area contributed by atoms with E-state index >= 15 is 0 Å². The third-order valence-electron chi connectivity index (χ3n) is 1.64. The summed E-state index contributed by atoms with van der Waals surface area (Å²) in [5.41, 5.74) is 1.86. The predicted octanol–water partition coefficient (Wildman–Crippen LogP) is 2.49. The van der Waals surface area contributed by atoms with Gasteiger partial charge in [0.15, 0.2) is 11.0 Å². The average molecular weight is 275 g/mol. The summed E-state index contributed by atoms with van der Waals surface area (Å²) in [6.07, 6.45) is 1.21. The minimum atomic E-state index is -0.391. The van der Waals surface area contributed by atoms with Crippen molar-refractivity contribution in [2.45, 2.75) is 0 Å². The van der Waals surface area contributed by atoms with Gasteiger partial charge < -0.3 is 5.32 Å². The molecule has 2 aromatic heterocycles. The highest BCUT2D eigenvalue weighted by Crippen LogP contribution is 2.25. The summed E-state index contributed by atoms with van der Waals surface area (Å²) in [6.45, 7) is 0. The van der Waals surface area contributed by atoms with E-state index < -0.39 is 5.91 Å². The molecule has 0 unspecified atom stereocenters. The lowest BCUT2D eigenvalue weighted by molar-refractivity contribution is 0.102. The number of nitrogens with one attached hydrogen (secondary N) is 1. The highest BCUT2D eigenvalue weighted by Gasteiger charge is 2.13. The van der Waals surface area contributed by atoms with Gasteiger partial charge in [0.2, 0.25) is 0 Å². The molecule has 0 saturated heterocycles. The first kappa shape index (κ1) is 11.3. The smallest absolute Gasteiger partial charge is 0.276 e. The molecule has 0 aliphatic rings. The van der Waals surface area contributed by atoms with Crippen LogP contribution in [0.25, 0.3) is 0 Å². The highest BCUT2D eigenvalue weighted by atomic mass is 35.5. The largest absolute Gasteiger partial charge is 0.304 e. The first-order chi connectivity index (χ1) is 7.68. The van der Waals surface area contributed by atoms with Crippen LogP contribution in [-0.4, -0.2) is 20.9 Å². The van der Waals surface area contributed by atoms with Gasteiger partial charge in [0.05, 0.1) is 5.51 Å². The van der Waals surface area contributed by atoms with Crippen LogP contribution in [0.15, 0.2) is 17.2 Å². The number of thiazole rings is 1. The lowest BCUT2D eigenvalue weighted by atomic mass is 10.4. The second-order valence-corrected chi connectivity index (χ2v) is 4.11. The molecule has 82 valence electrons. The summed E-state index contributed by atoms with van der Waals surface area (Å²) < 4.78 is 0. The predicted molar refractivity (Wildman–Crippen MR) is 62.1 cm³/mol. The van der Waals surface area contributed by atoms with Gasteiger partial charge in [-0.2, -0.15) is 0 Å². The molecule has 0 saturated carbocycles. The molecule has 1 amide bonds. The van der Waals surface area contributed by atoms with Crippen molar-refractivity contribution < 1.29 is 4.79 Å². The van der Waals surface area contributed by atoms with Gasteiger partial charge in [0, 0.05) is 5.38 Å². The number of hydrogen-bond donors (Lipinski definition) is 1. The third kappa shape index (κ3) is 2.29. The van der Waals surface area contributed by atoms with Crippen LogP contribution in [0.5, 0.6) is 0 Å². The summed E-state index contributed by atoms with van der Waals surface area (Å²) in [6, 6.07) is 0. The standard InChI is InChI=1S/C8H4Cl2N4OS/c9-5-6(10)11-2-12-7(5)14-8(15)4-1-16-3-13-4/h1-3H,(H,11,12,14,15). The zero-order valence-corrected chi connectivity index (χ0v) is 9.97. The Bertz CT molecular complexity index is 517. The first-order valence-electron chi connectivity index (χ1n) is 4.04. The van der Waals surface area contributed by atoms with E-state index in [4.69, 9.17) is 23.2 Å². The van der Waals surface area contributed by atoms with Gasteiger partial charge in [-0.3, -0.25) is 4.79 Å². The van der Waals surface area contributed by atoms with Crippen molar-refractivity contribution in [3.05, 3.63) is 33.1 Å². The van der Waals surface area contributed by atoms with Crippen molar-refractivity contribution in [1.82, 2.24) is 15.0 Å².